The smallest absolute Gasteiger partial charge is 0.233 e. The van der Waals surface area contributed by atoms with Crippen molar-refractivity contribution >= 4 is 11.7 Å². The summed E-state index contributed by atoms with van der Waals surface area (Å²) in [4.78, 5) is 25.0. The van der Waals surface area contributed by atoms with Crippen LogP contribution < -0.4 is 0 Å². The Labute approximate surface area is 88.7 Å². The van der Waals surface area contributed by atoms with Crippen LogP contribution >= 0.6 is 0 Å². The Morgan fingerprint density at radius 2 is 1.73 bits per heavy atom. The van der Waals surface area contributed by atoms with E-state index in [4.69, 9.17) is 0 Å². The Kier molecular flexibility index (Phi) is 2.31. The molecule has 15 heavy (non-hydrogen) atoms. The van der Waals surface area contributed by atoms with Crippen molar-refractivity contribution in [1.29, 1.82) is 0 Å². The minimum Gasteiger partial charge on any atom is -0.331 e. The van der Waals surface area contributed by atoms with Gasteiger partial charge in [0.1, 0.15) is 6.04 Å². The third-order valence-electron chi connectivity index (χ3n) is 2.92. The summed E-state index contributed by atoms with van der Waals surface area (Å²) in [6.45, 7) is 1.67. The first-order valence-electron chi connectivity index (χ1n) is 4.98. The van der Waals surface area contributed by atoms with E-state index in [0.717, 1.165) is 5.56 Å². The molecule has 0 radical (unpaired) electrons. The van der Waals surface area contributed by atoms with Crippen LogP contribution in [0.15, 0.2) is 30.3 Å². The lowest BCUT2D eigenvalue weighted by Gasteiger charge is -2.18. The van der Waals surface area contributed by atoms with Crippen molar-refractivity contribution in [2.24, 2.45) is 5.92 Å². The van der Waals surface area contributed by atoms with Crippen molar-refractivity contribution < 1.29 is 9.59 Å². The van der Waals surface area contributed by atoms with Crippen LogP contribution in [0.4, 0.5) is 0 Å². The normalized spacial score (nSPS) is 26.1. The number of nitrogens with zero attached hydrogens (tertiary/aromatic N) is 1. The maximum absolute atomic E-state index is 11.9. The van der Waals surface area contributed by atoms with E-state index in [9.17, 15) is 9.59 Å². The summed E-state index contributed by atoms with van der Waals surface area (Å²) >= 11 is 0. The maximum Gasteiger partial charge on any atom is 0.233 e. The lowest BCUT2D eigenvalue weighted by atomic mass is 9.99. The molecule has 1 amide bonds. The monoisotopic (exact) mass is 203 g/mol. The van der Waals surface area contributed by atoms with Gasteiger partial charge >= 0.3 is 0 Å². The van der Waals surface area contributed by atoms with Crippen LogP contribution in [0.2, 0.25) is 0 Å². The summed E-state index contributed by atoms with van der Waals surface area (Å²) in [5.41, 5.74) is 0.891. The minimum atomic E-state index is -0.500. The second kappa shape index (κ2) is 3.50. The molecule has 1 aliphatic rings. The van der Waals surface area contributed by atoms with Gasteiger partial charge in [0.2, 0.25) is 5.91 Å². The molecule has 1 aromatic carbocycles. The van der Waals surface area contributed by atoms with E-state index in [1.807, 2.05) is 30.3 Å². The Bertz CT molecular complexity index is 399. The van der Waals surface area contributed by atoms with Gasteiger partial charge in [0.05, 0.1) is 5.92 Å². The van der Waals surface area contributed by atoms with Crippen molar-refractivity contribution in [1.82, 2.24) is 4.90 Å². The molecule has 1 saturated heterocycles. The first kappa shape index (κ1) is 9.90. The Morgan fingerprint density at radius 3 is 2.20 bits per heavy atom. The number of Topliss-reactive ketones (excluding diaryl/α,β-unsaturated/α-hetero) is 1. The Hall–Kier alpha value is -1.64. The number of amides is 1. The number of hydrogen-bond donors (Lipinski definition) is 0. The molecule has 0 aliphatic carbocycles. The van der Waals surface area contributed by atoms with Crippen molar-refractivity contribution in [3.8, 4) is 0 Å². The number of benzene rings is 1. The average molecular weight is 203 g/mol. The number of likely N-dealkylation sites (N-methyl/N-ethyl adjacent to an activating group) is 1. The van der Waals surface area contributed by atoms with Gasteiger partial charge in [-0.3, -0.25) is 9.59 Å². The third-order valence-corrected chi connectivity index (χ3v) is 2.92. The number of carbonyl (C=O) groups excluding carboxylic acids is 2. The third kappa shape index (κ3) is 1.44. The van der Waals surface area contributed by atoms with Crippen molar-refractivity contribution in [3.63, 3.8) is 0 Å². The SMILES string of the molecule is CC1C(=O)C(c2ccccc2)N(C)C1=O. The zero-order valence-corrected chi connectivity index (χ0v) is 8.81. The molecule has 0 aromatic heterocycles. The Balaban J connectivity index is 2.39. The van der Waals surface area contributed by atoms with Crippen LogP contribution in [-0.4, -0.2) is 23.6 Å². The molecule has 2 atom stereocenters. The van der Waals surface area contributed by atoms with E-state index in [2.05, 4.69) is 0 Å². The van der Waals surface area contributed by atoms with Gasteiger partial charge in [0, 0.05) is 7.05 Å². The van der Waals surface area contributed by atoms with Gasteiger partial charge < -0.3 is 4.90 Å². The molecular formula is C12H13NO2. The molecule has 2 rings (SSSR count). The first-order chi connectivity index (χ1) is 7.13. The largest absolute Gasteiger partial charge is 0.331 e. The number of likely N-dealkylation sites (tertiary alicyclic amines) is 1. The standard InChI is InChI=1S/C12H13NO2/c1-8-11(14)10(13(2)12(8)15)9-6-4-3-5-7-9/h3-8,10H,1-2H3. The van der Waals surface area contributed by atoms with Crippen LogP contribution in [0.3, 0.4) is 0 Å². The van der Waals surface area contributed by atoms with E-state index in [-0.39, 0.29) is 11.7 Å². The fraction of sp³-hybridized carbons (Fsp3) is 0.333. The summed E-state index contributed by atoms with van der Waals surface area (Å²) in [5, 5.41) is 0. The molecule has 1 heterocycles. The van der Waals surface area contributed by atoms with Gasteiger partial charge in [-0.2, -0.15) is 0 Å². The highest BCUT2D eigenvalue weighted by molar-refractivity contribution is 6.10. The molecule has 0 spiro atoms. The van der Waals surface area contributed by atoms with Gasteiger partial charge in [0.25, 0.3) is 0 Å². The van der Waals surface area contributed by atoms with Crippen LogP contribution in [-0.2, 0) is 9.59 Å². The van der Waals surface area contributed by atoms with Gasteiger partial charge in [-0.15, -0.1) is 0 Å². The van der Waals surface area contributed by atoms with E-state index < -0.39 is 12.0 Å². The summed E-state index contributed by atoms with van der Waals surface area (Å²) in [5.74, 6) is -0.595. The molecular weight excluding hydrogens is 190 g/mol. The van der Waals surface area contributed by atoms with Gasteiger partial charge in [-0.25, -0.2) is 0 Å². The molecule has 2 unspecified atom stereocenters. The highest BCUT2D eigenvalue weighted by atomic mass is 16.2. The number of rotatable bonds is 1. The molecule has 1 aliphatic heterocycles. The van der Waals surface area contributed by atoms with Crippen LogP contribution in [0, 0.1) is 5.92 Å². The van der Waals surface area contributed by atoms with Gasteiger partial charge in [0.15, 0.2) is 5.78 Å². The topological polar surface area (TPSA) is 37.4 Å². The molecule has 1 aromatic rings. The molecule has 0 bridgehead atoms. The zero-order chi connectivity index (χ0) is 11.0. The molecule has 0 N–H and O–H groups in total. The van der Waals surface area contributed by atoms with Crippen molar-refractivity contribution in [3.05, 3.63) is 35.9 Å². The lowest BCUT2D eigenvalue weighted by molar-refractivity contribution is -0.130. The van der Waals surface area contributed by atoms with E-state index in [1.165, 1.54) is 4.90 Å². The lowest BCUT2D eigenvalue weighted by Crippen LogP contribution is -2.24. The summed E-state index contributed by atoms with van der Waals surface area (Å²) in [6.07, 6.45) is 0. The highest BCUT2D eigenvalue weighted by Crippen LogP contribution is 2.31. The van der Waals surface area contributed by atoms with Crippen LogP contribution in [0.5, 0.6) is 0 Å². The number of carbonyl (C=O) groups is 2. The first-order valence-corrected chi connectivity index (χ1v) is 4.98. The molecule has 0 saturated carbocycles. The van der Waals surface area contributed by atoms with E-state index >= 15 is 0 Å². The molecule has 1 fully saturated rings. The number of ketones is 1. The predicted octanol–water partition coefficient (Wildman–Crippen LogP) is 1.40. The van der Waals surface area contributed by atoms with Crippen molar-refractivity contribution in [2.45, 2.75) is 13.0 Å². The minimum absolute atomic E-state index is 0.00583. The van der Waals surface area contributed by atoms with Crippen LogP contribution in [0.1, 0.15) is 18.5 Å². The predicted molar refractivity (Wildman–Crippen MR) is 56.1 cm³/mol. The van der Waals surface area contributed by atoms with E-state index in [1.54, 1.807) is 14.0 Å². The molecule has 3 nitrogen and oxygen atoms in total. The molecule has 3 heteroatoms. The fourth-order valence-electron chi connectivity index (χ4n) is 2.01. The van der Waals surface area contributed by atoms with Gasteiger partial charge in [-0.05, 0) is 12.5 Å². The quantitative estimate of drug-likeness (QED) is 0.647. The second-order valence-electron chi connectivity index (χ2n) is 3.89. The van der Waals surface area contributed by atoms with E-state index in [0.29, 0.717) is 0 Å². The fourth-order valence-corrected chi connectivity index (χ4v) is 2.01. The maximum atomic E-state index is 11.9. The molecule has 78 valence electrons. The highest BCUT2D eigenvalue weighted by Gasteiger charge is 2.43. The summed E-state index contributed by atoms with van der Waals surface area (Å²) in [6, 6.07) is 9.02. The second-order valence-corrected chi connectivity index (χ2v) is 3.89. The summed E-state index contributed by atoms with van der Waals surface area (Å²) in [7, 11) is 1.68. The number of hydrogen-bond acceptors (Lipinski definition) is 2. The summed E-state index contributed by atoms with van der Waals surface area (Å²) < 4.78 is 0. The van der Waals surface area contributed by atoms with Crippen LogP contribution in [0.25, 0.3) is 0 Å². The Morgan fingerprint density at radius 1 is 1.13 bits per heavy atom. The van der Waals surface area contributed by atoms with Gasteiger partial charge in [-0.1, -0.05) is 30.3 Å². The average Bonchev–Trinajstić information content (AvgIpc) is 2.45. The van der Waals surface area contributed by atoms with Crippen molar-refractivity contribution in [2.75, 3.05) is 7.05 Å². The zero-order valence-electron chi connectivity index (χ0n) is 8.81.